The number of Topliss-reactive ketones (excluding diaryl/α,β-unsaturated/α-hetero) is 1. The van der Waals surface area contributed by atoms with Crippen molar-refractivity contribution in [1.29, 1.82) is 0 Å². The first-order valence-electron chi connectivity index (χ1n) is 8.55. The average molecular weight is 371 g/mol. The van der Waals surface area contributed by atoms with E-state index in [9.17, 15) is 18.0 Å². The summed E-state index contributed by atoms with van der Waals surface area (Å²) in [6, 6.07) is 15.3. The van der Waals surface area contributed by atoms with Gasteiger partial charge in [0.15, 0.2) is 15.6 Å². The third-order valence-corrected chi connectivity index (χ3v) is 5.83. The summed E-state index contributed by atoms with van der Waals surface area (Å²) in [5, 5.41) is 0. The molecule has 2 aromatic rings. The second-order valence-electron chi connectivity index (χ2n) is 6.60. The van der Waals surface area contributed by atoms with Crippen molar-refractivity contribution in [2.75, 3.05) is 19.3 Å². The lowest BCUT2D eigenvalue weighted by Crippen LogP contribution is -2.40. The van der Waals surface area contributed by atoms with Crippen LogP contribution in [0.5, 0.6) is 0 Å². The van der Waals surface area contributed by atoms with Crippen LogP contribution in [-0.2, 0) is 9.84 Å². The molecule has 0 atom stereocenters. The number of likely N-dealkylation sites (tertiary alicyclic amines) is 1. The summed E-state index contributed by atoms with van der Waals surface area (Å²) >= 11 is 0. The molecule has 2 aromatic carbocycles. The van der Waals surface area contributed by atoms with Crippen LogP contribution >= 0.6 is 0 Å². The first-order chi connectivity index (χ1) is 12.4. The molecule has 1 amide bonds. The largest absolute Gasteiger partial charge is 0.339 e. The summed E-state index contributed by atoms with van der Waals surface area (Å²) < 4.78 is 23.3. The Labute approximate surface area is 153 Å². The Hall–Kier alpha value is -2.47. The lowest BCUT2D eigenvalue weighted by Gasteiger charge is -2.31. The van der Waals surface area contributed by atoms with Crippen LogP contribution < -0.4 is 0 Å². The highest BCUT2D eigenvalue weighted by Crippen LogP contribution is 2.23. The Morgan fingerprint density at radius 2 is 1.54 bits per heavy atom. The molecular weight excluding hydrogens is 350 g/mol. The zero-order chi connectivity index (χ0) is 18.7. The molecule has 0 N–H and O–H groups in total. The number of sulfone groups is 1. The Kier molecular flexibility index (Phi) is 5.23. The van der Waals surface area contributed by atoms with Gasteiger partial charge in [0.25, 0.3) is 5.91 Å². The predicted molar refractivity (Wildman–Crippen MR) is 99.0 cm³/mol. The molecule has 6 heteroatoms. The average Bonchev–Trinajstić information content (AvgIpc) is 2.67. The number of hydrogen-bond donors (Lipinski definition) is 0. The van der Waals surface area contributed by atoms with Gasteiger partial charge in [-0.15, -0.1) is 0 Å². The number of nitrogens with zero attached hydrogens (tertiary/aromatic N) is 1. The van der Waals surface area contributed by atoms with Crippen LogP contribution in [0.1, 0.15) is 33.6 Å². The molecule has 5 nitrogen and oxygen atoms in total. The molecule has 0 bridgehead atoms. The Balaban J connectivity index is 1.67. The minimum atomic E-state index is -3.36. The molecule has 1 aliphatic rings. The maximum Gasteiger partial charge on any atom is 0.253 e. The minimum Gasteiger partial charge on any atom is -0.339 e. The fraction of sp³-hybridized carbons (Fsp3) is 0.300. The van der Waals surface area contributed by atoms with Crippen LogP contribution in [-0.4, -0.2) is 44.4 Å². The van der Waals surface area contributed by atoms with Crippen molar-refractivity contribution < 1.29 is 18.0 Å². The van der Waals surface area contributed by atoms with Crippen molar-refractivity contribution in [3.8, 4) is 0 Å². The maximum absolute atomic E-state index is 12.7. The van der Waals surface area contributed by atoms with Gasteiger partial charge in [-0.3, -0.25) is 9.59 Å². The first-order valence-corrected chi connectivity index (χ1v) is 10.4. The summed E-state index contributed by atoms with van der Waals surface area (Å²) in [6.45, 7) is 0.982. The number of rotatable bonds is 4. The summed E-state index contributed by atoms with van der Waals surface area (Å²) in [5.41, 5.74) is 1.07. The van der Waals surface area contributed by atoms with E-state index in [4.69, 9.17) is 0 Å². The zero-order valence-corrected chi connectivity index (χ0v) is 15.4. The van der Waals surface area contributed by atoms with Crippen LogP contribution in [0.2, 0.25) is 0 Å². The van der Waals surface area contributed by atoms with E-state index in [0.29, 0.717) is 37.1 Å². The number of carbonyl (C=O) groups excluding carboxylic acids is 2. The predicted octanol–water partition coefficient (Wildman–Crippen LogP) is 2.83. The smallest absolute Gasteiger partial charge is 0.253 e. The number of carbonyl (C=O) groups is 2. The van der Waals surface area contributed by atoms with Crippen molar-refractivity contribution in [2.24, 2.45) is 5.92 Å². The van der Waals surface area contributed by atoms with Gasteiger partial charge in [0.1, 0.15) is 0 Å². The summed E-state index contributed by atoms with van der Waals surface area (Å²) in [7, 11) is -3.36. The van der Waals surface area contributed by atoms with Gasteiger partial charge in [-0.05, 0) is 31.0 Å². The van der Waals surface area contributed by atoms with Crippen molar-refractivity contribution >= 4 is 21.5 Å². The highest BCUT2D eigenvalue weighted by Gasteiger charge is 2.28. The van der Waals surface area contributed by atoms with Crippen molar-refractivity contribution in [3.05, 3.63) is 65.7 Å². The third-order valence-electron chi connectivity index (χ3n) is 4.72. The molecule has 1 aliphatic heterocycles. The number of ketones is 1. The zero-order valence-electron chi connectivity index (χ0n) is 14.6. The number of hydrogen-bond acceptors (Lipinski definition) is 4. The SMILES string of the molecule is CS(=O)(=O)c1cccc(C(=O)N2CCC(C(=O)c3ccccc3)CC2)c1. The van der Waals surface area contributed by atoms with Crippen LogP contribution in [0.4, 0.5) is 0 Å². The molecule has 0 unspecified atom stereocenters. The standard InChI is InChI=1S/C20H21NO4S/c1-26(24,25)18-9-5-8-17(14-18)20(23)21-12-10-16(11-13-21)19(22)15-6-3-2-4-7-15/h2-9,14,16H,10-13H2,1H3. The Morgan fingerprint density at radius 3 is 2.15 bits per heavy atom. The van der Waals surface area contributed by atoms with Crippen LogP contribution in [0, 0.1) is 5.92 Å². The van der Waals surface area contributed by atoms with Crippen molar-refractivity contribution in [3.63, 3.8) is 0 Å². The molecule has 26 heavy (non-hydrogen) atoms. The van der Waals surface area contributed by atoms with Crippen molar-refractivity contribution in [2.45, 2.75) is 17.7 Å². The normalized spacial score (nSPS) is 15.7. The molecule has 3 rings (SSSR count). The van der Waals surface area contributed by atoms with Gasteiger partial charge in [-0.1, -0.05) is 36.4 Å². The Morgan fingerprint density at radius 1 is 0.923 bits per heavy atom. The van der Waals surface area contributed by atoms with Gasteiger partial charge in [-0.2, -0.15) is 0 Å². The third kappa shape index (κ3) is 4.02. The second kappa shape index (κ2) is 7.41. The van der Waals surface area contributed by atoms with E-state index in [0.717, 1.165) is 6.26 Å². The van der Waals surface area contributed by atoms with E-state index in [1.54, 1.807) is 17.0 Å². The molecule has 136 valence electrons. The molecule has 1 fully saturated rings. The van der Waals surface area contributed by atoms with Gasteiger partial charge < -0.3 is 4.90 Å². The Bertz CT molecular complexity index is 914. The highest BCUT2D eigenvalue weighted by molar-refractivity contribution is 7.90. The van der Waals surface area contributed by atoms with E-state index in [1.807, 2.05) is 30.3 Å². The van der Waals surface area contributed by atoms with Gasteiger partial charge >= 0.3 is 0 Å². The molecule has 0 spiro atoms. The quantitative estimate of drug-likeness (QED) is 0.775. The fourth-order valence-electron chi connectivity index (χ4n) is 3.23. The lowest BCUT2D eigenvalue weighted by molar-refractivity contribution is 0.0650. The highest BCUT2D eigenvalue weighted by atomic mass is 32.2. The van der Waals surface area contributed by atoms with E-state index in [2.05, 4.69) is 0 Å². The molecule has 1 heterocycles. The molecule has 1 saturated heterocycles. The number of piperidine rings is 1. The summed E-state index contributed by atoms with van der Waals surface area (Å²) in [5.74, 6) is -0.151. The van der Waals surface area contributed by atoms with E-state index in [1.165, 1.54) is 12.1 Å². The van der Waals surface area contributed by atoms with Crippen LogP contribution in [0.25, 0.3) is 0 Å². The summed E-state index contributed by atoms with van der Waals surface area (Å²) in [6.07, 6.45) is 2.35. The number of benzene rings is 2. The lowest BCUT2D eigenvalue weighted by atomic mass is 9.88. The molecule has 0 radical (unpaired) electrons. The monoisotopic (exact) mass is 371 g/mol. The van der Waals surface area contributed by atoms with E-state index < -0.39 is 9.84 Å². The molecule has 0 saturated carbocycles. The van der Waals surface area contributed by atoms with E-state index in [-0.39, 0.29) is 22.5 Å². The van der Waals surface area contributed by atoms with Crippen molar-refractivity contribution in [1.82, 2.24) is 4.90 Å². The molecule has 0 aliphatic carbocycles. The topological polar surface area (TPSA) is 71.5 Å². The van der Waals surface area contributed by atoms with Crippen LogP contribution in [0.3, 0.4) is 0 Å². The maximum atomic E-state index is 12.7. The minimum absolute atomic E-state index is 0.0798. The molecular formula is C20H21NO4S. The molecule has 0 aromatic heterocycles. The van der Waals surface area contributed by atoms with Gasteiger partial charge in [0.2, 0.25) is 0 Å². The number of amides is 1. The van der Waals surface area contributed by atoms with Gasteiger partial charge in [0, 0.05) is 36.4 Å². The van der Waals surface area contributed by atoms with E-state index >= 15 is 0 Å². The summed E-state index contributed by atoms with van der Waals surface area (Å²) in [4.78, 5) is 27.0. The first kappa shape index (κ1) is 18.3. The second-order valence-corrected chi connectivity index (χ2v) is 8.61. The fourth-order valence-corrected chi connectivity index (χ4v) is 3.89. The van der Waals surface area contributed by atoms with Crippen LogP contribution in [0.15, 0.2) is 59.5 Å². The van der Waals surface area contributed by atoms with Gasteiger partial charge in [0.05, 0.1) is 4.90 Å². The van der Waals surface area contributed by atoms with Gasteiger partial charge in [-0.25, -0.2) is 8.42 Å².